The van der Waals surface area contributed by atoms with Crippen LogP contribution in [0.2, 0.25) is 0 Å². The Kier molecular flexibility index (Phi) is 7.02. The van der Waals surface area contributed by atoms with E-state index in [9.17, 15) is 4.79 Å². The van der Waals surface area contributed by atoms with E-state index in [0.717, 1.165) is 70.9 Å². The molecular formula is C20H31N3O3. The van der Waals surface area contributed by atoms with Gasteiger partial charge in [-0.25, -0.2) is 0 Å². The zero-order chi connectivity index (χ0) is 18.2. The van der Waals surface area contributed by atoms with Crippen molar-refractivity contribution >= 4 is 11.6 Å². The maximum Gasteiger partial charge on any atom is 0.233 e. The zero-order valence-electron chi connectivity index (χ0n) is 15.8. The zero-order valence-corrected chi connectivity index (χ0v) is 15.8. The van der Waals surface area contributed by atoms with Crippen LogP contribution in [0.5, 0.6) is 0 Å². The summed E-state index contributed by atoms with van der Waals surface area (Å²) in [6, 6.07) is 8.24. The molecular weight excluding hydrogens is 330 g/mol. The van der Waals surface area contributed by atoms with Crippen LogP contribution in [0.15, 0.2) is 24.3 Å². The summed E-state index contributed by atoms with van der Waals surface area (Å²) in [6.45, 7) is 6.95. The van der Waals surface area contributed by atoms with Gasteiger partial charge < -0.3 is 20.1 Å². The average molecular weight is 361 g/mol. The summed E-state index contributed by atoms with van der Waals surface area (Å²) < 4.78 is 10.7. The molecule has 0 atom stereocenters. The second-order valence-corrected chi connectivity index (χ2v) is 7.32. The maximum atomic E-state index is 12.9. The molecule has 6 nitrogen and oxygen atoms in total. The first-order chi connectivity index (χ1) is 12.7. The fourth-order valence-corrected chi connectivity index (χ4v) is 3.75. The molecule has 1 aromatic rings. The van der Waals surface area contributed by atoms with Gasteiger partial charge in [0.2, 0.25) is 5.91 Å². The Bertz CT molecular complexity index is 559. The summed E-state index contributed by atoms with van der Waals surface area (Å²) in [5, 5.41) is 6.41. The van der Waals surface area contributed by atoms with E-state index in [1.807, 2.05) is 12.1 Å². The number of benzene rings is 1. The van der Waals surface area contributed by atoms with E-state index in [4.69, 9.17) is 9.47 Å². The van der Waals surface area contributed by atoms with Crippen LogP contribution in [0.4, 0.5) is 5.69 Å². The van der Waals surface area contributed by atoms with E-state index in [0.29, 0.717) is 6.61 Å². The summed E-state index contributed by atoms with van der Waals surface area (Å²) in [7, 11) is 1.67. The first-order valence-electron chi connectivity index (χ1n) is 9.62. The van der Waals surface area contributed by atoms with E-state index in [1.54, 1.807) is 7.11 Å². The molecule has 0 bridgehead atoms. The predicted octanol–water partition coefficient (Wildman–Crippen LogP) is 1.52. The third-order valence-electron chi connectivity index (χ3n) is 5.50. The van der Waals surface area contributed by atoms with Crippen LogP contribution >= 0.6 is 0 Å². The molecule has 26 heavy (non-hydrogen) atoms. The number of hydrogen-bond acceptors (Lipinski definition) is 5. The van der Waals surface area contributed by atoms with Crippen LogP contribution in [-0.2, 0) is 20.7 Å². The quantitative estimate of drug-likeness (QED) is 0.771. The highest BCUT2D eigenvalue weighted by molar-refractivity contribution is 5.95. The molecule has 1 amide bonds. The number of methoxy groups -OCH3 is 1. The molecule has 2 fully saturated rings. The van der Waals surface area contributed by atoms with Crippen molar-refractivity contribution in [3.05, 3.63) is 29.8 Å². The average Bonchev–Trinajstić information content (AvgIpc) is 2.69. The number of ether oxygens (including phenoxy) is 2. The fourth-order valence-electron chi connectivity index (χ4n) is 3.75. The molecule has 0 saturated carbocycles. The van der Waals surface area contributed by atoms with Gasteiger partial charge in [-0.2, -0.15) is 0 Å². The molecule has 2 N–H and O–H groups in total. The van der Waals surface area contributed by atoms with E-state index in [-0.39, 0.29) is 5.91 Å². The second-order valence-electron chi connectivity index (χ2n) is 7.32. The van der Waals surface area contributed by atoms with E-state index in [2.05, 4.69) is 27.7 Å². The standard InChI is InChI=1S/C20H31N3O3/c1-25-16-20(7-9-21-10-8-20)19(24)22-18-4-2-17(3-5-18)6-11-23-12-14-26-15-13-23/h2-5,21H,6-16H2,1H3,(H,22,24). The largest absolute Gasteiger partial charge is 0.384 e. The number of rotatable bonds is 7. The molecule has 2 aliphatic rings. The van der Waals surface area contributed by atoms with Crippen molar-refractivity contribution in [3.63, 3.8) is 0 Å². The Morgan fingerprint density at radius 3 is 2.58 bits per heavy atom. The van der Waals surface area contributed by atoms with Crippen molar-refractivity contribution in [2.45, 2.75) is 19.3 Å². The normalized spacial score (nSPS) is 20.7. The Labute approximate surface area is 156 Å². The lowest BCUT2D eigenvalue weighted by Gasteiger charge is -2.35. The molecule has 144 valence electrons. The molecule has 2 saturated heterocycles. The van der Waals surface area contributed by atoms with Gasteiger partial charge in [-0.05, 0) is 50.0 Å². The van der Waals surface area contributed by atoms with Crippen molar-refractivity contribution in [3.8, 4) is 0 Å². The first kappa shape index (κ1) is 19.3. The van der Waals surface area contributed by atoms with Crippen molar-refractivity contribution in [2.75, 3.05) is 65.0 Å². The van der Waals surface area contributed by atoms with Crippen LogP contribution in [-0.4, -0.2) is 70.5 Å². The topological polar surface area (TPSA) is 62.8 Å². The van der Waals surface area contributed by atoms with Crippen LogP contribution in [0.25, 0.3) is 0 Å². The maximum absolute atomic E-state index is 12.9. The lowest BCUT2D eigenvalue weighted by atomic mass is 9.78. The second kappa shape index (κ2) is 9.46. The number of nitrogens with one attached hydrogen (secondary N) is 2. The summed E-state index contributed by atoms with van der Waals surface area (Å²) >= 11 is 0. The summed E-state index contributed by atoms with van der Waals surface area (Å²) in [5.41, 5.74) is 1.73. The monoisotopic (exact) mass is 361 g/mol. The van der Waals surface area contributed by atoms with Gasteiger partial charge in [-0.15, -0.1) is 0 Å². The van der Waals surface area contributed by atoms with E-state index < -0.39 is 5.41 Å². The Morgan fingerprint density at radius 1 is 1.23 bits per heavy atom. The molecule has 1 aromatic carbocycles. The third kappa shape index (κ3) is 5.04. The SMILES string of the molecule is COCC1(C(=O)Nc2ccc(CCN3CCOCC3)cc2)CCNCC1. The highest BCUT2D eigenvalue weighted by Gasteiger charge is 2.39. The van der Waals surface area contributed by atoms with Gasteiger partial charge in [-0.3, -0.25) is 9.69 Å². The van der Waals surface area contributed by atoms with Crippen molar-refractivity contribution in [2.24, 2.45) is 5.41 Å². The molecule has 0 unspecified atom stereocenters. The van der Waals surface area contributed by atoms with Crippen LogP contribution in [0.3, 0.4) is 0 Å². The number of nitrogens with zero attached hydrogens (tertiary/aromatic N) is 1. The number of morpholine rings is 1. The van der Waals surface area contributed by atoms with Gasteiger partial charge in [0.05, 0.1) is 25.2 Å². The van der Waals surface area contributed by atoms with Gasteiger partial charge in [-0.1, -0.05) is 12.1 Å². The molecule has 0 aliphatic carbocycles. The van der Waals surface area contributed by atoms with Crippen LogP contribution in [0.1, 0.15) is 18.4 Å². The van der Waals surface area contributed by atoms with Crippen molar-refractivity contribution in [1.29, 1.82) is 0 Å². The van der Waals surface area contributed by atoms with Gasteiger partial charge in [0, 0.05) is 32.4 Å². The minimum absolute atomic E-state index is 0.0712. The predicted molar refractivity (Wildman–Crippen MR) is 102 cm³/mol. The number of carbonyl (C=O) groups excluding carboxylic acids is 1. The van der Waals surface area contributed by atoms with Crippen molar-refractivity contribution < 1.29 is 14.3 Å². The van der Waals surface area contributed by atoms with Gasteiger partial charge in [0.15, 0.2) is 0 Å². The Balaban J connectivity index is 1.53. The number of amides is 1. The molecule has 0 spiro atoms. The van der Waals surface area contributed by atoms with Crippen LogP contribution < -0.4 is 10.6 Å². The summed E-state index contributed by atoms with van der Waals surface area (Å²) in [6.07, 6.45) is 2.64. The van der Waals surface area contributed by atoms with Gasteiger partial charge in [0.1, 0.15) is 0 Å². The number of hydrogen-bond donors (Lipinski definition) is 2. The summed E-state index contributed by atoms with van der Waals surface area (Å²) in [4.78, 5) is 15.3. The molecule has 2 aliphatic heterocycles. The van der Waals surface area contributed by atoms with Gasteiger partial charge in [0.25, 0.3) is 0 Å². The molecule has 0 aromatic heterocycles. The smallest absolute Gasteiger partial charge is 0.233 e. The lowest BCUT2D eigenvalue weighted by Crippen LogP contribution is -2.47. The summed E-state index contributed by atoms with van der Waals surface area (Å²) in [5.74, 6) is 0.0712. The third-order valence-corrected chi connectivity index (χ3v) is 5.50. The van der Waals surface area contributed by atoms with Gasteiger partial charge >= 0.3 is 0 Å². The number of carbonyl (C=O) groups is 1. The number of piperidine rings is 1. The fraction of sp³-hybridized carbons (Fsp3) is 0.650. The molecule has 3 rings (SSSR count). The van der Waals surface area contributed by atoms with E-state index >= 15 is 0 Å². The minimum atomic E-state index is -0.422. The molecule has 0 radical (unpaired) electrons. The minimum Gasteiger partial charge on any atom is -0.384 e. The molecule has 2 heterocycles. The number of anilines is 1. The Hall–Kier alpha value is -1.47. The van der Waals surface area contributed by atoms with Crippen molar-refractivity contribution in [1.82, 2.24) is 10.2 Å². The highest BCUT2D eigenvalue weighted by atomic mass is 16.5. The molecule has 6 heteroatoms. The van der Waals surface area contributed by atoms with Crippen LogP contribution in [0, 0.1) is 5.41 Å². The lowest BCUT2D eigenvalue weighted by molar-refractivity contribution is -0.130. The highest BCUT2D eigenvalue weighted by Crippen LogP contribution is 2.31. The first-order valence-corrected chi connectivity index (χ1v) is 9.62. The van der Waals surface area contributed by atoms with E-state index in [1.165, 1.54) is 5.56 Å². The Morgan fingerprint density at radius 2 is 1.92 bits per heavy atom.